The number of allylic oxidation sites excluding steroid dienone is 6. The van der Waals surface area contributed by atoms with Crippen LogP contribution in [0.1, 0.15) is 33.6 Å². The molecule has 1 rings (SSSR count). The molecule has 0 aromatic rings. The van der Waals surface area contributed by atoms with Crippen molar-refractivity contribution >= 4 is 0 Å². The van der Waals surface area contributed by atoms with Crippen LogP contribution in [0.4, 0.5) is 0 Å². The van der Waals surface area contributed by atoms with Crippen LogP contribution in [0.15, 0.2) is 34.9 Å². The molecule has 0 fully saturated rings. The minimum absolute atomic E-state index is 1.10. The van der Waals surface area contributed by atoms with Crippen LogP contribution in [0.5, 0.6) is 0 Å². The summed E-state index contributed by atoms with van der Waals surface area (Å²) in [6.07, 6.45) is 9.01. The molecule has 0 saturated carbocycles. The van der Waals surface area contributed by atoms with Gasteiger partial charge in [0.15, 0.2) is 0 Å². The van der Waals surface area contributed by atoms with Crippen LogP contribution in [0.2, 0.25) is 0 Å². The predicted octanol–water partition coefficient (Wildman–Crippen LogP) is 3.62. The Hall–Kier alpha value is -0.780. The minimum Gasteiger partial charge on any atom is -0.0805 e. The Morgan fingerprint density at radius 3 is 2.73 bits per heavy atom. The van der Waals surface area contributed by atoms with E-state index in [-0.39, 0.29) is 0 Å². The van der Waals surface area contributed by atoms with Crippen molar-refractivity contribution < 1.29 is 0 Å². The molecular formula is C11H16. The molecule has 0 amide bonds. The van der Waals surface area contributed by atoms with Gasteiger partial charge in [-0.15, -0.1) is 0 Å². The first-order valence-electron chi connectivity index (χ1n) is 4.29. The highest BCUT2D eigenvalue weighted by Gasteiger charge is 2.01. The van der Waals surface area contributed by atoms with Gasteiger partial charge in [-0.25, -0.2) is 0 Å². The van der Waals surface area contributed by atoms with Gasteiger partial charge < -0.3 is 0 Å². The summed E-state index contributed by atoms with van der Waals surface area (Å²) in [4.78, 5) is 0. The van der Waals surface area contributed by atoms with Crippen molar-refractivity contribution in [3.8, 4) is 0 Å². The van der Waals surface area contributed by atoms with Gasteiger partial charge in [-0.1, -0.05) is 25.2 Å². The summed E-state index contributed by atoms with van der Waals surface area (Å²) in [5, 5.41) is 0. The van der Waals surface area contributed by atoms with E-state index in [1.165, 1.54) is 16.7 Å². The van der Waals surface area contributed by atoms with E-state index in [1.807, 2.05) is 0 Å². The maximum atomic E-state index is 2.32. The van der Waals surface area contributed by atoms with Gasteiger partial charge in [0.2, 0.25) is 0 Å². The molecular weight excluding hydrogens is 132 g/mol. The summed E-state index contributed by atoms with van der Waals surface area (Å²) in [6.45, 7) is 6.61. The first-order chi connectivity index (χ1) is 5.25. The van der Waals surface area contributed by atoms with Crippen LogP contribution >= 0.6 is 0 Å². The maximum absolute atomic E-state index is 2.32. The zero-order valence-electron chi connectivity index (χ0n) is 7.65. The third-order valence-corrected chi connectivity index (χ3v) is 2.32. The maximum Gasteiger partial charge on any atom is -0.0160 e. The van der Waals surface area contributed by atoms with Crippen molar-refractivity contribution in [3.05, 3.63) is 34.9 Å². The molecule has 0 atom stereocenters. The Morgan fingerprint density at radius 1 is 1.36 bits per heavy atom. The average molecular weight is 148 g/mol. The second kappa shape index (κ2) is 3.56. The molecule has 0 aromatic carbocycles. The topological polar surface area (TPSA) is 0 Å². The van der Waals surface area contributed by atoms with Crippen molar-refractivity contribution in [1.29, 1.82) is 0 Å². The lowest BCUT2D eigenvalue weighted by atomic mass is 10.0. The van der Waals surface area contributed by atoms with Gasteiger partial charge in [-0.05, 0) is 43.4 Å². The predicted molar refractivity (Wildman–Crippen MR) is 50.5 cm³/mol. The standard InChI is InChI=1S/C11H16/c1-4-11-8-6-5-7-9(2)10(11)3/h5,7-8H,4,6H2,1-3H3. The van der Waals surface area contributed by atoms with Crippen LogP contribution in [-0.2, 0) is 0 Å². The second-order valence-electron chi connectivity index (χ2n) is 3.03. The Labute approximate surface area is 69.3 Å². The summed E-state index contributed by atoms with van der Waals surface area (Å²) < 4.78 is 0. The van der Waals surface area contributed by atoms with E-state index in [0.717, 1.165) is 12.8 Å². The highest BCUT2D eigenvalue weighted by Crippen LogP contribution is 2.21. The van der Waals surface area contributed by atoms with Gasteiger partial charge in [0.25, 0.3) is 0 Å². The van der Waals surface area contributed by atoms with E-state index in [2.05, 4.69) is 39.0 Å². The molecule has 0 spiro atoms. The van der Waals surface area contributed by atoms with Crippen LogP contribution in [0, 0.1) is 0 Å². The quantitative estimate of drug-likeness (QED) is 0.532. The molecule has 0 N–H and O–H groups in total. The first kappa shape index (κ1) is 8.32. The van der Waals surface area contributed by atoms with E-state index in [0.29, 0.717) is 0 Å². The first-order valence-corrected chi connectivity index (χ1v) is 4.29. The van der Waals surface area contributed by atoms with Gasteiger partial charge in [-0.3, -0.25) is 0 Å². The Bertz CT molecular complexity index is 226. The number of hydrogen-bond acceptors (Lipinski definition) is 0. The lowest BCUT2D eigenvalue weighted by Gasteiger charge is -2.05. The molecule has 0 unspecified atom stereocenters. The fourth-order valence-electron chi connectivity index (χ4n) is 1.40. The highest BCUT2D eigenvalue weighted by molar-refractivity contribution is 5.39. The Balaban J connectivity index is 2.98. The van der Waals surface area contributed by atoms with Crippen LogP contribution in [0.25, 0.3) is 0 Å². The van der Waals surface area contributed by atoms with Crippen LogP contribution < -0.4 is 0 Å². The summed E-state index contributed by atoms with van der Waals surface area (Å²) in [5.41, 5.74) is 4.38. The molecule has 0 bridgehead atoms. The average Bonchev–Trinajstić information content (AvgIpc) is 2.16. The van der Waals surface area contributed by atoms with Crippen molar-refractivity contribution in [2.45, 2.75) is 33.6 Å². The Kier molecular flexibility index (Phi) is 2.70. The van der Waals surface area contributed by atoms with Crippen LogP contribution in [-0.4, -0.2) is 0 Å². The fourth-order valence-corrected chi connectivity index (χ4v) is 1.40. The molecule has 60 valence electrons. The van der Waals surface area contributed by atoms with Gasteiger partial charge in [0.05, 0.1) is 0 Å². The number of hydrogen-bond donors (Lipinski definition) is 0. The molecule has 0 heteroatoms. The molecule has 0 nitrogen and oxygen atoms in total. The van der Waals surface area contributed by atoms with Gasteiger partial charge in [-0.2, -0.15) is 0 Å². The van der Waals surface area contributed by atoms with E-state index < -0.39 is 0 Å². The molecule has 11 heavy (non-hydrogen) atoms. The zero-order valence-corrected chi connectivity index (χ0v) is 7.65. The Morgan fingerprint density at radius 2 is 2.09 bits per heavy atom. The second-order valence-corrected chi connectivity index (χ2v) is 3.03. The fraction of sp³-hybridized carbons (Fsp3) is 0.455. The summed E-state index contributed by atoms with van der Waals surface area (Å²) >= 11 is 0. The summed E-state index contributed by atoms with van der Waals surface area (Å²) in [6, 6.07) is 0. The smallest absolute Gasteiger partial charge is 0.0160 e. The normalized spacial score (nSPS) is 18.3. The molecule has 1 aliphatic carbocycles. The van der Waals surface area contributed by atoms with Crippen molar-refractivity contribution in [2.75, 3.05) is 0 Å². The van der Waals surface area contributed by atoms with Gasteiger partial charge >= 0.3 is 0 Å². The lowest BCUT2D eigenvalue weighted by molar-refractivity contribution is 1.08. The third-order valence-electron chi connectivity index (χ3n) is 2.32. The monoisotopic (exact) mass is 148 g/mol. The third kappa shape index (κ3) is 1.83. The molecule has 0 aliphatic heterocycles. The summed E-state index contributed by atoms with van der Waals surface area (Å²) in [5.74, 6) is 0. The lowest BCUT2D eigenvalue weighted by Crippen LogP contribution is -1.85. The van der Waals surface area contributed by atoms with Crippen molar-refractivity contribution in [3.63, 3.8) is 0 Å². The summed E-state index contributed by atoms with van der Waals surface area (Å²) in [7, 11) is 0. The molecule has 0 heterocycles. The van der Waals surface area contributed by atoms with Crippen molar-refractivity contribution in [1.82, 2.24) is 0 Å². The van der Waals surface area contributed by atoms with Gasteiger partial charge in [0.1, 0.15) is 0 Å². The number of rotatable bonds is 1. The minimum atomic E-state index is 1.10. The highest BCUT2D eigenvalue weighted by atomic mass is 14.1. The molecule has 1 aliphatic rings. The SMILES string of the molecule is CCC1=CCC=CC(C)=C1C. The molecule has 0 radical (unpaired) electrons. The van der Waals surface area contributed by atoms with E-state index >= 15 is 0 Å². The largest absolute Gasteiger partial charge is 0.0805 e. The van der Waals surface area contributed by atoms with E-state index in [1.54, 1.807) is 0 Å². The molecule has 0 aromatic heterocycles. The van der Waals surface area contributed by atoms with Crippen molar-refractivity contribution in [2.24, 2.45) is 0 Å². The van der Waals surface area contributed by atoms with E-state index in [4.69, 9.17) is 0 Å². The van der Waals surface area contributed by atoms with Crippen LogP contribution in [0.3, 0.4) is 0 Å². The zero-order chi connectivity index (χ0) is 8.27. The van der Waals surface area contributed by atoms with Gasteiger partial charge in [0, 0.05) is 0 Å². The van der Waals surface area contributed by atoms with E-state index in [9.17, 15) is 0 Å². The molecule has 0 saturated heterocycles.